The molecule has 1 fully saturated rings. The molecule has 0 bridgehead atoms. The first-order valence-electron chi connectivity index (χ1n) is 9.57. The molecule has 1 aromatic carbocycles. The molecule has 2 amide bonds. The summed E-state index contributed by atoms with van der Waals surface area (Å²) in [5.74, 6) is 0.153. The van der Waals surface area contributed by atoms with E-state index in [2.05, 4.69) is 24.1 Å². The molecule has 2 aliphatic heterocycles. The topological polar surface area (TPSA) is 57.0 Å². The molecule has 142 valence electrons. The molecule has 0 radical (unpaired) electrons. The number of piperidine rings is 1. The fraction of sp³-hybridized carbons (Fsp3) is 0.429. The van der Waals surface area contributed by atoms with E-state index < -0.39 is 6.04 Å². The Morgan fingerprint density at radius 1 is 1.04 bits per heavy atom. The lowest BCUT2D eigenvalue weighted by Gasteiger charge is -2.37. The average Bonchev–Trinajstić information content (AvgIpc) is 3.19. The van der Waals surface area contributed by atoms with Crippen LogP contribution in [0.2, 0.25) is 0 Å². The monoisotopic (exact) mass is 367 g/mol. The predicted octanol–water partition coefficient (Wildman–Crippen LogP) is 2.75. The van der Waals surface area contributed by atoms with Gasteiger partial charge in [-0.1, -0.05) is 18.2 Å². The third-order valence-electron chi connectivity index (χ3n) is 5.56. The molecular weight excluding hydrogens is 342 g/mol. The predicted molar refractivity (Wildman–Crippen MR) is 103 cm³/mol. The Labute approximate surface area is 159 Å². The maximum atomic E-state index is 13.4. The van der Waals surface area contributed by atoms with Crippen LogP contribution in [0.25, 0.3) is 0 Å². The zero-order valence-electron chi connectivity index (χ0n) is 15.6. The van der Waals surface area contributed by atoms with Crippen LogP contribution in [0.15, 0.2) is 47.1 Å². The van der Waals surface area contributed by atoms with Crippen molar-refractivity contribution in [3.8, 4) is 0 Å². The summed E-state index contributed by atoms with van der Waals surface area (Å²) in [6.45, 7) is 2.61. The number of likely N-dealkylation sites (N-methyl/N-ethyl adjacent to an activating group) is 1. The summed E-state index contributed by atoms with van der Waals surface area (Å²) < 4.78 is 5.28. The number of carbonyl (C=O) groups is 2. The Morgan fingerprint density at radius 3 is 2.70 bits per heavy atom. The summed E-state index contributed by atoms with van der Waals surface area (Å²) in [5, 5.41) is 0. The van der Waals surface area contributed by atoms with Crippen molar-refractivity contribution in [1.29, 1.82) is 0 Å². The molecule has 0 N–H and O–H groups in total. The highest BCUT2D eigenvalue weighted by Gasteiger charge is 2.36. The molecule has 1 saturated heterocycles. The average molecular weight is 367 g/mol. The summed E-state index contributed by atoms with van der Waals surface area (Å²) in [5.41, 5.74) is 2.31. The highest BCUT2D eigenvalue weighted by molar-refractivity contribution is 5.95. The van der Waals surface area contributed by atoms with Crippen molar-refractivity contribution in [3.05, 3.63) is 54.0 Å². The number of nitrogens with zero attached hydrogens (tertiary/aromatic N) is 3. The molecule has 0 saturated carbocycles. The van der Waals surface area contributed by atoms with Gasteiger partial charge < -0.3 is 19.1 Å². The zero-order valence-corrected chi connectivity index (χ0v) is 15.6. The SMILES string of the molecule is CN1CCN(C(=O)C2CCCCN2C(=O)c2ccco2)Cc2ccccc21. The van der Waals surface area contributed by atoms with Gasteiger partial charge in [0.25, 0.3) is 5.91 Å². The second kappa shape index (κ2) is 7.47. The molecule has 1 atom stereocenters. The Kier molecular flexibility index (Phi) is 4.88. The first kappa shape index (κ1) is 17.6. The molecule has 2 aromatic rings. The lowest BCUT2D eigenvalue weighted by atomic mass is 10.00. The molecule has 6 nitrogen and oxygen atoms in total. The molecule has 1 aromatic heterocycles. The number of rotatable bonds is 2. The van der Waals surface area contributed by atoms with Gasteiger partial charge in [-0.05, 0) is 43.0 Å². The van der Waals surface area contributed by atoms with E-state index in [0.717, 1.165) is 24.9 Å². The van der Waals surface area contributed by atoms with Crippen LogP contribution in [0.1, 0.15) is 35.4 Å². The Hall–Kier alpha value is -2.76. The third kappa shape index (κ3) is 3.44. The standard InChI is InChI=1S/C21H25N3O3/c1-22-12-13-23(15-16-7-2-3-8-17(16)22)20(25)18-9-4-5-11-24(18)21(26)19-10-6-14-27-19/h2-3,6-8,10,14,18H,4-5,9,11-13,15H2,1H3. The molecule has 4 rings (SSSR count). The van der Waals surface area contributed by atoms with Crippen molar-refractivity contribution < 1.29 is 14.0 Å². The summed E-state index contributed by atoms with van der Waals surface area (Å²) in [7, 11) is 2.06. The van der Waals surface area contributed by atoms with Gasteiger partial charge >= 0.3 is 0 Å². The number of anilines is 1. The lowest BCUT2D eigenvalue weighted by Crippen LogP contribution is -2.53. The fourth-order valence-electron chi connectivity index (χ4n) is 4.06. The first-order chi connectivity index (χ1) is 13.1. The van der Waals surface area contributed by atoms with Gasteiger partial charge in [0.05, 0.1) is 6.26 Å². The van der Waals surface area contributed by atoms with Crippen molar-refractivity contribution in [2.45, 2.75) is 31.8 Å². The van der Waals surface area contributed by atoms with Crippen molar-refractivity contribution >= 4 is 17.5 Å². The molecule has 2 aliphatic rings. The summed E-state index contributed by atoms with van der Waals surface area (Å²) >= 11 is 0. The normalized spacial score (nSPS) is 20.2. The maximum absolute atomic E-state index is 13.4. The highest BCUT2D eigenvalue weighted by atomic mass is 16.3. The molecule has 27 heavy (non-hydrogen) atoms. The lowest BCUT2D eigenvalue weighted by molar-refractivity contribution is -0.137. The van der Waals surface area contributed by atoms with E-state index in [4.69, 9.17) is 4.42 Å². The molecule has 1 unspecified atom stereocenters. The van der Waals surface area contributed by atoms with Gasteiger partial charge in [0.2, 0.25) is 5.91 Å². The number of furan rings is 1. The second-order valence-corrected chi connectivity index (χ2v) is 7.30. The minimum atomic E-state index is -0.410. The van der Waals surface area contributed by atoms with Crippen molar-refractivity contribution in [3.63, 3.8) is 0 Å². The van der Waals surface area contributed by atoms with E-state index in [-0.39, 0.29) is 11.8 Å². The van der Waals surface area contributed by atoms with Crippen molar-refractivity contribution in [2.24, 2.45) is 0 Å². The Bertz CT molecular complexity index is 818. The van der Waals surface area contributed by atoms with Crippen LogP contribution in [-0.4, -0.2) is 54.3 Å². The largest absolute Gasteiger partial charge is 0.459 e. The number of para-hydroxylation sites is 1. The number of carbonyl (C=O) groups excluding carboxylic acids is 2. The van der Waals surface area contributed by atoms with Crippen LogP contribution in [0, 0.1) is 0 Å². The number of benzene rings is 1. The first-order valence-corrected chi connectivity index (χ1v) is 9.57. The van der Waals surface area contributed by atoms with Crippen molar-refractivity contribution in [1.82, 2.24) is 9.80 Å². The van der Waals surface area contributed by atoms with E-state index in [1.54, 1.807) is 17.0 Å². The minimum Gasteiger partial charge on any atom is -0.459 e. The molecule has 3 heterocycles. The van der Waals surface area contributed by atoms with Crippen LogP contribution >= 0.6 is 0 Å². The summed E-state index contributed by atoms with van der Waals surface area (Å²) in [6.07, 6.45) is 4.08. The number of hydrogen-bond acceptors (Lipinski definition) is 4. The summed E-state index contributed by atoms with van der Waals surface area (Å²) in [4.78, 5) is 32.0. The quantitative estimate of drug-likeness (QED) is 0.819. The van der Waals surface area contributed by atoms with Crippen LogP contribution < -0.4 is 4.90 Å². The van der Waals surface area contributed by atoms with Crippen LogP contribution in [0.5, 0.6) is 0 Å². The second-order valence-electron chi connectivity index (χ2n) is 7.30. The molecule has 0 aliphatic carbocycles. The van der Waals surface area contributed by atoms with Gasteiger partial charge in [-0.3, -0.25) is 9.59 Å². The summed E-state index contributed by atoms with van der Waals surface area (Å²) in [6, 6.07) is 11.2. The van der Waals surface area contributed by atoms with Gasteiger partial charge in [0.15, 0.2) is 5.76 Å². The van der Waals surface area contributed by atoms with Crippen LogP contribution in [-0.2, 0) is 11.3 Å². The van der Waals surface area contributed by atoms with Crippen molar-refractivity contribution in [2.75, 3.05) is 31.6 Å². The Balaban J connectivity index is 1.56. The number of fused-ring (bicyclic) bond motifs is 1. The molecular formula is C21H25N3O3. The van der Waals surface area contributed by atoms with E-state index >= 15 is 0 Å². The molecule has 6 heteroatoms. The number of amides is 2. The van der Waals surface area contributed by atoms with Gasteiger partial charge in [-0.25, -0.2) is 0 Å². The number of hydrogen-bond donors (Lipinski definition) is 0. The van der Waals surface area contributed by atoms with Gasteiger partial charge in [-0.2, -0.15) is 0 Å². The maximum Gasteiger partial charge on any atom is 0.290 e. The van der Waals surface area contributed by atoms with E-state index in [9.17, 15) is 9.59 Å². The zero-order chi connectivity index (χ0) is 18.8. The van der Waals surface area contributed by atoms with E-state index in [1.807, 2.05) is 17.0 Å². The van der Waals surface area contributed by atoms with Gasteiger partial charge in [0.1, 0.15) is 6.04 Å². The number of likely N-dealkylation sites (tertiary alicyclic amines) is 1. The Morgan fingerprint density at radius 2 is 1.89 bits per heavy atom. The van der Waals surface area contributed by atoms with Gasteiger partial charge in [-0.15, -0.1) is 0 Å². The van der Waals surface area contributed by atoms with E-state index in [1.165, 1.54) is 12.0 Å². The van der Waals surface area contributed by atoms with Gasteiger partial charge in [0, 0.05) is 38.9 Å². The third-order valence-corrected chi connectivity index (χ3v) is 5.56. The fourth-order valence-corrected chi connectivity index (χ4v) is 4.06. The van der Waals surface area contributed by atoms with E-state index in [0.29, 0.717) is 31.8 Å². The smallest absolute Gasteiger partial charge is 0.290 e. The minimum absolute atomic E-state index is 0.0414. The van der Waals surface area contributed by atoms with Crippen LogP contribution in [0.4, 0.5) is 5.69 Å². The highest BCUT2D eigenvalue weighted by Crippen LogP contribution is 2.27. The van der Waals surface area contributed by atoms with Crippen LogP contribution in [0.3, 0.4) is 0 Å². The molecule has 0 spiro atoms.